The molecule has 1 saturated heterocycles. The molecule has 3 amide bonds. The lowest BCUT2D eigenvalue weighted by molar-refractivity contribution is -0.133. The molecule has 4 atom stereocenters. The number of rotatable bonds is 13. The Labute approximate surface area is 234 Å². The molecule has 1 aromatic heterocycles. The fourth-order valence-electron chi connectivity index (χ4n) is 5.05. The third-order valence-electron chi connectivity index (χ3n) is 7.69. The van der Waals surface area contributed by atoms with E-state index in [9.17, 15) is 19.2 Å². The first-order valence-electron chi connectivity index (χ1n) is 13.8. The molecule has 0 spiro atoms. The number of aromatic nitrogens is 1. The Bertz CT molecular complexity index is 1190. The average Bonchev–Trinajstić information content (AvgIpc) is 3.50. The third kappa shape index (κ3) is 7.65. The summed E-state index contributed by atoms with van der Waals surface area (Å²) in [5, 5.41) is 8.39. The SMILES string of the molecule is COc1ccc(C[C@H](NC(=O)[C@@H](C)NC(=O)c2ccncc2)C(=O)N[C@@H](CC2CCCC2)C(=O)[C@@]2(C)CO2)cc1. The van der Waals surface area contributed by atoms with Crippen molar-refractivity contribution in [3.8, 4) is 5.75 Å². The van der Waals surface area contributed by atoms with E-state index >= 15 is 0 Å². The first kappa shape index (κ1) is 29.2. The number of carbonyl (C=O) groups excluding carboxylic acids is 4. The van der Waals surface area contributed by atoms with Crippen LogP contribution in [0.2, 0.25) is 0 Å². The molecular formula is C30H38N4O6. The molecule has 3 N–H and O–H groups in total. The Hall–Kier alpha value is -3.79. The Balaban J connectivity index is 1.48. The van der Waals surface area contributed by atoms with E-state index in [4.69, 9.17) is 9.47 Å². The number of pyridine rings is 1. The zero-order valence-electron chi connectivity index (χ0n) is 23.3. The maximum atomic E-state index is 13.7. The summed E-state index contributed by atoms with van der Waals surface area (Å²) < 4.78 is 10.6. The topological polar surface area (TPSA) is 139 Å². The van der Waals surface area contributed by atoms with Crippen LogP contribution in [0.1, 0.15) is 61.9 Å². The summed E-state index contributed by atoms with van der Waals surface area (Å²) in [6.45, 7) is 3.63. The van der Waals surface area contributed by atoms with E-state index < -0.39 is 41.4 Å². The number of Topliss-reactive ketones (excluding diaryl/α,β-unsaturated/α-hetero) is 1. The van der Waals surface area contributed by atoms with Gasteiger partial charge in [0.05, 0.1) is 19.8 Å². The molecule has 1 aromatic carbocycles. The third-order valence-corrected chi connectivity index (χ3v) is 7.69. The van der Waals surface area contributed by atoms with E-state index in [2.05, 4.69) is 20.9 Å². The number of methoxy groups -OCH3 is 1. The molecule has 214 valence electrons. The minimum Gasteiger partial charge on any atom is -0.497 e. The number of carbonyl (C=O) groups is 4. The van der Waals surface area contributed by atoms with Crippen molar-refractivity contribution in [3.63, 3.8) is 0 Å². The number of nitrogens with zero attached hydrogens (tertiary/aromatic N) is 1. The zero-order valence-corrected chi connectivity index (χ0v) is 23.3. The van der Waals surface area contributed by atoms with E-state index in [1.807, 2.05) is 12.1 Å². The first-order valence-corrected chi connectivity index (χ1v) is 13.8. The van der Waals surface area contributed by atoms with E-state index in [-0.39, 0.29) is 12.2 Å². The van der Waals surface area contributed by atoms with Crippen LogP contribution in [0.15, 0.2) is 48.8 Å². The summed E-state index contributed by atoms with van der Waals surface area (Å²) in [5.74, 6) is -0.526. The van der Waals surface area contributed by atoms with Crippen LogP contribution in [0.3, 0.4) is 0 Å². The average molecular weight is 551 g/mol. The fraction of sp³-hybridized carbons (Fsp3) is 0.500. The molecule has 10 heteroatoms. The second-order valence-corrected chi connectivity index (χ2v) is 10.9. The lowest BCUT2D eigenvalue weighted by Gasteiger charge is -2.26. The summed E-state index contributed by atoms with van der Waals surface area (Å²) in [6, 6.07) is 7.69. The van der Waals surface area contributed by atoms with Crippen LogP contribution in [0.5, 0.6) is 5.75 Å². The van der Waals surface area contributed by atoms with Gasteiger partial charge >= 0.3 is 0 Å². The van der Waals surface area contributed by atoms with Gasteiger partial charge in [0.15, 0.2) is 5.78 Å². The van der Waals surface area contributed by atoms with Crippen molar-refractivity contribution in [1.29, 1.82) is 0 Å². The standard InChI is InChI=1S/C30H38N4O6/c1-19(32-28(37)22-12-14-31-15-13-22)27(36)34-25(17-21-8-10-23(39-3)11-9-21)29(38)33-24(16-20-6-4-5-7-20)26(35)30(2)18-40-30/h8-15,19-20,24-25H,4-7,16-18H2,1-3H3,(H,32,37)(H,33,38)(H,34,36)/t19-,24+,25+,30-/m1/s1. The van der Waals surface area contributed by atoms with Crippen molar-refractivity contribution in [3.05, 3.63) is 59.9 Å². The summed E-state index contributed by atoms with van der Waals surface area (Å²) in [7, 11) is 1.57. The zero-order chi connectivity index (χ0) is 28.7. The van der Waals surface area contributed by atoms with Gasteiger partial charge in [-0.25, -0.2) is 0 Å². The van der Waals surface area contributed by atoms with Gasteiger partial charge in [0.1, 0.15) is 23.4 Å². The molecule has 2 aromatic rings. The minimum absolute atomic E-state index is 0.139. The second-order valence-electron chi connectivity index (χ2n) is 10.9. The van der Waals surface area contributed by atoms with Gasteiger partial charge in [0.25, 0.3) is 5.91 Å². The van der Waals surface area contributed by atoms with Crippen molar-refractivity contribution in [1.82, 2.24) is 20.9 Å². The van der Waals surface area contributed by atoms with Crippen molar-refractivity contribution < 1.29 is 28.7 Å². The monoisotopic (exact) mass is 550 g/mol. The lowest BCUT2D eigenvalue weighted by Crippen LogP contribution is -2.57. The van der Waals surface area contributed by atoms with Gasteiger partial charge in [-0.2, -0.15) is 0 Å². The van der Waals surface area contributed by atoms with Gasteiger partial charge in [0.2, 0.25) is 11.8 Å². The maximum Gasteiger partial charge on any atom is 0.252 e. The van der Waals surface area contributed by atoms with Gasteiger partial charge < -0.3 is 25.4 Å². The fourth-order valence-corrected chi connectivity index (χ4v) is 5.05. The molecular weight excluding hydrogens is 512 g/mol. The summed E-state index contributed by atoms with van der Waals surface area (Å²) in [6.07, 6.45) is 8.00. The smallest absolute Gasteiger partial charge is 0.252 e. The molecule has 2 aliphatic rings. The molecule has 1 aliphatic heterocycles. The number of ketones is 1. The summed E-state index contributed by atoms with van der Waals surface area (Å²) >= 11 is 0. The molecule has 10 nitrogen and oxygen atoms in total. The number of epoxide rings is 1. The summed E-state index contributed by atoms with van der Waals surface area (Å²) in [4.78, 5) is 56.6. The highest BCUT2D eigenvalue weighted by molar-refractivity contribution is 5.99. The van der Waals surface area contributed by atoms with Crippen molar-refractivity contribution in [2.24, 2.45) is 5.92 Å². The van der Waals surface area contributed by atoms with Gasteiger partial charge in [0, 0.05) is 24.4 Å². The number of nitrogens with one attached hydrogen (secondary N) is 3. The van der Waals surface area contributed by atoms with Crippen LogP contribution in [0.25, 0.3) is 0 Å². The predicted molar refractivity (Wildman–Crippen MR) is 148 cm³/mol. The summed E-state index contributed by atoms with van der Waals surface area (Å²) in [5.41, 5.74) is 0.286. The van der Waals surface area contributed by atoms with Crippen molar-refractivity contribution >= 4 is 23.5 Å². The second kappa shape index (κ2) is 13.0. The van der Waals surface area contributed by atoms with Crippen molar-refractivity contribution in [2.75, 3.05) is 13.7 Å². The molecule has 1 aliphatic carbocycles. The predicted octanol–water partition coefficient (Wildman–Crippen LogP) is 2.36. The quantitative estimate of drug-likeness (QED) is 0.326. The van der Waals surface area contributed by atoms with Crippen LogP contribution in [0.4, 0.5) is 0 Å². The molecule has 40 heavy (non-hydrogen) atoms. The Morgan fingerprint density at radius 3 is 2.20 bits per heavy atom. The molecule has 2 fully saturated rings. The van der Waals surface area contributed by atoms with Gasteiger partial charge in [-0.3, -0.25) is 24.2 Å². The highest BCUT2D eigenvalue weighted by Crippen LogP contribution is 2.33. The van der Waals surface area contributed by atoms with E-state index in [0.717, 1.165) is 31.2 Å². The van der Waals surface area contributed by atoms with Gasteiger partial charge in [-0.1, -0.05) is 37.8 Å². The Kier molecular flexibility index (Phi) is 9.52. The first-order chi connectivity index (χ1) is 19.2. The molecule has 0 unspecified atom stereocenters. The van der Waals surface area contributed by atoms with E-state index in [1.54, 1.807) is 45.2 Å². The number of hydrogen-bond acceptors (Lipinski definition) is 7. The minimum atomic E-state index is -0.979. The number of hydrogen-bond donors (Lipinski definition) is 3. The molecule has 2 heterocycles. The maximum absolute atomic E-state index is 13.7. The largest absolute Gasteiger partial charge is 0.497 e. The molecule has 1 saturated carbocycles. The van der Waals surface area contributed by atoms with Crippen LogP contribution in [-0.2, 0) is 25.5 Å². The van der Waals surface area contributed by atoms with E-state index in [0.29, 0.717) is 30.3 Å². The Morgan fingerprint density at radius 2 is 1.60 bits per heavy atom. The van der Waals surface area contributed by atoms with Crippen molar-refractivity contribution in [2.45, 2.75) is 76.1 Å². The number of benzene rings is 1. The van der Waals surface area contributed by atoms with E-state index in [1.165, 1.54) is 12.4 Å². The van der Waals surface area contributed by atoms with Gasteiger partial charge in [-0.15, -0.1) is 0 Å². The van der Waals surface area contributed by atoms with Gasteiger partial charge in [-0.05, 0) is 56.0 Å². The van der Waals surface area contributed by atoms with Crippen LogP contribution in [-0.4, -0.2) is 65.9 Å². The Morgan fingerprint density at radius 1 is 0.975 bits per heavy atom. The van der Waals surface area contributed by atoms with Crippen LogP contribution in [0, 0.1) is 5.92 Å². The van der Waals surface area contributed by atoms with Crippen LogP contribution >= 0.6 is 0 Å². The molecule has 0 radical (unpaired) electrons. The number of ether oxygens (including phenoxy) is 2. The normalized spacial score (nSPS) is 20.6. The highest BCUT2D eigenvalue weighted by Gasteiger charge is 2.50. The highest BCUT2D eigenvalue weighted by atomic mass is 16.6. The number of amides is 3. The molecule has 0 bridgehead atoms. The van der Waals surface area contributed by atoms with Crippen LogP contribution < -0.4 is 20.7 Å². The lowest BCUT2D eigenvalue weighted by atomic mass is 9.90. The molecule has 4 rings (SSSR count).